The fourth-order valence-electron chi connectivity index (χ4n) is 1.67. The van der Waals surface area contributed by atoms with Crippen LogP contribution in [0.25, 0.3) is 0 Å². The summed E-state index contributed by atoms with van der Waals surface area (Å²) in [5, 5.41) is 3.28. The van der Waals surface area contributed by atoms with Gasteiger partial charge in [-0.1, -0.05) is 22.9 Å². The van der Waals surface area contributed by atoms with Crippen LogP contribution in [0.3, 0.4) is 0 Å². The van der Waals surface area contributed by atoms with E-state index in [1.807, 2.05) is 6.07 Å². The molecule has 2 nitrogen and oxygen atoms in total. The molecule has 1 N–H and O–H groups in total. The Hall–Kier alpha value is -0.450. The number of hydrogen-bond donors (Lipinski definition) is 1. The number of rotatable bonds is 7. The molecule has 4 heteroatoms. The Morgan fingerprint density at radius 1 is 1.47 bits per heavy atom. The highest BCUT2D eigenvalue weighted by molar-refractivity contribution is 9.10. The number of ether oxygens (including phenoxy) is 1. The van der Waals surface area contributed by atoms with Gasteiger partial charge in [-0.2, -0.15) is 0 Å². The van der Waals surface area contributed by atoms with Crippen molar-refractivity contribution in [3.8, 4) is 0 Å². The minimum absolute atomic E-state index is 0.128. The summed E-state index contributed by atoms with van der Waals surface area (Å²) < 4.78 is 19.4. The zero-order chi connectivity index (χ0) is 12.7. The van der Waals surface area contributed by atoms with Crippen LogP contribution in [-0.4, -0.2) is 26.8 Å². The summed E-state index contributed by atoms with van der Waals surface area (Å²) in [5.74, 6) is 0.271. The molecular formula is C13H19BrFNO. The Bertz CT molecular complexity index is 346. The third-order valence-electron chi connectivity index (χ3n) is 2.55. The van der Waals surface area contributed by atoms with Gasteiger partial charge in [0.05, 0.1) is 6.61 Å². The van der Waals surface area contributed by atoms with E-state index in [1.165, 1.54) is 6.07 Å². The summed E-state index contributed by atoms with van der Waals surface area (Å²) >= 11 is 3.36. The minimum atomic E-state index is -0.128. The molecule has 1 aromatic carbocycles. The molecule has 0 amide bonds. The van der Waals surface area contributed by atoms with Crippen LogP contribution in [0.5, 0.6) is 0 Å². The molecule has 0 radical (unpaired) electrons. The summed E-state index contributed by atoms with van der Waals surface area (Å²) in [6.45, 7) is 4.52. The standard InChI is InChI=1S/C13H19BrFNO/c1-10(9-16-5-6-17-2)7-11-8-12(14)3-4-13(11)15/h3-4,8,10,16H,5-7,9H2,1-2H3. The number of benzene rings is 1. The van der Waals surface area contributed by atoms with Crippen molar-refractivity contribution < 1.29 is 9.13 Å². The smallest absolute Gasteiger partial charge is 0.126 e. The van der Waals surface area contributed by atoms with Gasteiger partial charge < -0.3 is 10.1 Å². The fraction of sp³-hybridized carbons (Fsp3) is 0.538. The third-order valence-corrected chi connectivity index (χ3v) is 3.05. The van der Waals surface area contributed by atoms with Crippen molar-refractivity contribution in [2.24, 2.45) is 5.92 Å². The monoisotopic (exact) mass is 303 g/mol. The Labute approximate surface area is 111 Å². The Balaban J connectivity index is 2.39. The van der Waals surface area contributed by atoms with Gasteiger partial charge in [0.1, 0.15) is 5.82 Å². The van der Waals surface area contributed by atoms with E-state index in [4.69, 9.17) is 4.74 Å². The highest BCUT2D eigenvalue weighted by atomic mass is 79.9. The van der Waals surface area contributed by atoms with E-state index in [-0.39, 0.29) is 5.82 Å². The van der Waals surface area contributed by atoms with Crippen LogP contribution < -0.4 is 5.32 Å². The van der Waals surface area contributed by atoms with Crippen LogP contribution in [0.15, 0.2) is 22.7 Å². The van der Waals surface area contributed by atoms with Crippen LogP contribution >= 0.6 is 15.9 Å². The number of methoxy groups -OCH3 is 1. The second-order valence-electron chi connectivity index (χ2n) is 4.24. The van der Waals surface area contributed by atoms with Crippen LogP contribution in [0, 0.1) is 11.7 Å². The molecule has 1 aromatic rings. The van der Waals surface area contributed by atoms with E-state index >= 15 is 0 Å². The first kappa shape index (κ1) is 14.6. The Morgan fingerprint density at radius 3 is 2.94 bits per heavy atom. The zero-order valence-electron chi connectivity index (χ0n) is 10.3. The van der Waals surface area contributed by atoms with Crippen molar-refractivity contribution >= 4 is 15.9 Å². The Kier molecular flexibility index (Phi) is 6.70. The molecule has 0 saturated heterocycles. The van der Waals surface area contributed by atoms with E-state index in [0.29, 0.717) is 12.5 Å². The lowest BCUT2D eigenvalue weighted by molar-refractivity contribution is 0.198. The molecule has 0 aromatic heterocycles. The normalized spacial score (nSPS) is 12.7. The molecule has 0 aliphatic heterocycles. The van der Waals surface area contributed by atoms with Crippen molar-refractivity contribution in [1.29, 1.82) is 0 Å². The quantitative estimate of drug-likeness (QED) is 0.782. The van der Waals surface area contributed by atoms with Crippen LogP contribution in [0.4, 0.5) is 4.39 Å². The van der Waals surface area contributed by atoms with Gasteiger partial charge >= 0.3 is 0 Å². The molecule has 96 valence electrons. The van der Waals surface area contributed by atoms with E-state index in [9.17, 15) is 4.39 Å². The van der Waals surface area contributed by atoms with E-state index in [0.717, 1.165) is 29.5 Å². The average molecular weight is 304 g/mol. The third kappa shape index (κ3) is 5.61. The van der Waals surface area contributed by atoms with Gasteiger partial charge in [0.2, 0.25) is 0 Å². The van der Waals surface area contributed by atoms with E-state index < -0.39 is 0 Å². The van der Waals surface area contributed by atoms with Crippen molar-refractivity contribution in [1.82, 2.24) is 5.32 Å². The van der Waals surface area contributed by atoms with E-state index in [2.05, 4.69) is 28.2 Å². The first-order valence-electron chi connectivity index (χ1n) is 5.77. The first-order chi connectivity index (χ1) is 8.13. The average Bonchev–Trinajstić information content (AvgIpc) is 2.29. The lowest BCUT2D eigenvalue weighted by Gasteiger charge is -2.13. The van der Waals surface area contributed by atoms with Crippen LogP contribution in [0.2, 0.25) is 0 Å². The topological polar surface area (TPSA) is 21.3 Å². The molecule has 0 aliphatic rings. The summed E-state index contributed by atoms with van der Waals surface area (Å²) in [5.41, 5.74) is 0.764. The predicted octanol–water partition coefficient (Wildman–Crippen LogP) is 3.00. The number of nitrogens with one attached hydrogen (secondary N) is 1. The molecule has 0 heterocycles. The minimum Gasteiger partial charge on any atom is -0.383 e. The van der Waals surface area contributed by atoms with Crippen molar-refractivity contribution in [3.05, 3.63) is 34.1 Å². The second kappa shape index (κ2) is 7.80. The lowest BCUT2D eigenvalue weighted by Crippen LogP contribution is -2.25. The summed E-state index contributed by atoms with van der Waals surface area (Å²) in [6, 6.07) is 5.08. The SMILES string of the molecule is COCCNCC(C)Cc1cc(Br)ccc1F. The molecular weight excluding hydrogens is 285 g/mol. The van der Waals surface area contributed by atoms with Gasteiger partial charge in [0.25, 0.3) is 0 Å². The Morgan fingerprint density at radius 2 is 2.24 bits per heavy atom. The molecule has 1 rings (SSSR count). The maximum absolute atomic E-state index is 13.5. The molecule has 0 bridgehead atoms. The van der Waals surface area contributed by atoms with Crippen LogP contribution in [0.1, 0.15) is 12.5 Å². The largest absolute Gasteiger partial charge is 0.383 e. The number of hydrogen-bond acceptors (Lipinski definition) is 2. The fourth-order valence-corrected chi connectivity index (χ4v) is 2.08. The van der Waals surface area contributed by atoms with Gasteiger partial charge in [-0.05, 0) is 42.6 Å². The van der Waals surface area contributed by atoms with Crippen molar-refractivity contribution in [3.63, 3.8) is 0 Å². The molecule has 17 heavy (non-hydrogen) atoms. The highest BCUT2D eigenvalue weighted by Crippen LogP contribution is 2.18. The molecule has 1 atom stereocenters. The first-order valence-corrected chi connectivity index (χ1v) is 6.56. The van der Waals surface area contributed by atoms with Gasteiger partial charge in [-0.15, -0.1) is 0 Å². The zero-order valence-corrected chi connectivity index (χ0v) is 11.9. The van der Waals surface area contributed by atoms with Gasteiger partial charge in [-0.3, -0.25) is 0 Å². The maximum Gasteiger partial charge on any atom is 0.126 e. The highest BCUT2D eigenvalue weighted by Gasteiger charge is 2.08. The maximum atomic E-state index is 13.5. The second-order valence-corrected chi connectivity index (χ2v) is 5.16. The van der Waals surface area contributed by atoms with Crippen LogP contribution in [-0.2, 0) is 11.2 Å². The van der Waals surface area contributed by atoms with Crippen molar-refractivity contribution in [2.75, 3.05) is 26.8 Å². The molecule has 0 saturated carbocycles. The summed E-state index contributed by atoms with van der Waals surface area (Å²) in [6.07, 6.45) is 0.741. The molecule has 0 spiro atoms. The van der Waals surface area contributed by atoms with Crippen molar-refractivity contribution in [2.45, 2.75) is 13.3 Å². The summed E-state index contributed by atoms with van der Waals surface area (Å²) in [4.78, 5) is 0. The van der Waals surface area contributed by atoms with Gasteiger partial charge in [-0.25, -0.2) is 4.39 Å². The number of halogens is 2. The molecule has 0 aliphatic carbocycles. The van der Waals surface area contributed by atoms with Gasteiger partial charge in [0, 0.05) is 18.1 Å². The van der Waals surface area contributed by atoms with E-state index in [1.54, 1.807) is 13.2 Å². The predicted molar refractivity (Wildman–Crippen MR) is 71.7 cm³/mol. The molecule has 0 fully saturated rings. The van der Waals surface area contributed by atoms with Gasteiger partial charge in [0.15, 0.2) is 0 Å². The lowest BCUT2D eigenvalue weighted by atomic mass is 10.0. The molecule has 1 unspecified atom stereocenters. The summed E-state index contributed by atoms with van der Waals surface area (Å²) in [7, 11) is 1.68.